The number of thiophene rings is 1. The van der Waals surface area contributed by atoms with E-state index < -0.39 is 5.54 Å². The highest BCUT2D eigenvalue weighted by Crippen LogP contribution is 2.46. The second-order valence-corrected chi connectivity index (χ2v) is 12.7. The number of nitrogens with one attached hydrogen (secondary N) is 1. The lowest BCUT2D eigenvalue weighted by Gasteiger charge is -2.32. The highest BCUT2D eigenvalue weighted by molar-refractivity contribution is 7.26. The van der Waals surface area contributed by atoms with Gasteiger partial charge in [0, 0.05) is 57.3 Å². The molecule has 2 heterocycles. The van der Waals surface area contributed by atoms with Crippen molar-refractivity contribution in [1.82, 2.24) is 5.32 Å². The van der Waals surface area contributed by atoms with Crippen LogP contribution < -0.4 is 10.2 Å². The lowest BCUT2D eigenvalue weighted by atomic mass is 9.82. The summed E-state index contributed by atoms with van der Waals surface area (Å²) in [6.45, 7) is 6.59. The Morgan fingerprint density at radius 3 is 2.31 bits per heavy atom. The number of hydrogen-bond donors (Lipinski definition) is 1. The molecule has 0 fully saturated rings. The van der Waals surface area contributed by atoms with Crippen LogP contribution in [0.3, 0.4) is 0 Å². The number of anilines is 1. The van der Waals surface area contributed by atoms with Crippen molar-refractivity contribution < 1.29 is 0 Å². The van der Waals surface area contributed by atoms with Gasteiger partial charge in [0.05, 0.1) is 11.9 Å². The van der Waals surface area contributed by atoms with E-state index >= 15 is 0 Å². The van der Waals surface area contributed by atoms with Gasteiger partial charge >= 0.3 is 0 Å². The van der Waals surface area contributed by atoms with Crippen LogP contribution in [0.25, 0.3) is 48.0 Å². The monoisotopic (exact) mass is 601 g/mol. The maximum Gasteiger partial charge on any atom is 0.0872 e. The number of allylic oxidation sites excluding steroid dienone is 4. The molecule has 5 aromatic carbocycles. The summed E-state index contributed by atoms with van der Waals surface area (Å²) in [4.78, 5) is 6.51. The smallest absolute Gasteiger partial charge is 0.0872 e. The topological polar surface area (TPSA) is 27.6 Å². The molecule has 6 aromatic rings. The Hall–Kier alpha value is -5.19. The van der Waals surface area contributed by atoms with E-state index in [1.54, 1.807) is 7.05 Å². The molecule has 4 heteroatoms. The molecular weight excluding hydrogens is 567 g/mol. The Morgan fingerprint density at radius 2 is 1.51 bits per heavy atom. The van der Waals surface area contributed by atoms with Crippen molar-refractivity contribution in [3.05, 3.63) is 157 Å². The fourth-order valence-corrected chi connectivity index (χ4v) is 7.71. The third-order valence-electron chi connectivity index (χ3n) is 8.84. The molecule has 3 nitrogen and oxygen atoms in total. The van der Waals surface area contributed by atoms with Crippen LogP contribution in [0.15, 0.2) is 145 Å². The van der Waals surface area contributed by atoms with Crippen molar-refractivity contribution in [2.75, 3.05) is 19.0 Å². The molecule has 0 radical (unpaired) electrons. The van der Waals surface area contributed by atoms with Crippen LogP contribution in [0.2, 0.25) is 0 Å². The van der Waals surface area contributed by atoms with Crippen molar-refractivity contribution in [1.29, 1.82) is 0 Å². The molecule has 45 heavy (non-hydrogen) atoms. The summed E-state index contributed by atoms with van der Waals surface area (Å²) >= 11 is 1.86. The summed E-state index contributed by atoms with van der Waals surface area (Å²) < 4.78 is 2.56. The Labute approximate surface area is 269 Å². The SMILES string of the molecule is C=C1/C=C\C=C/N(C)c2cc(-c3ccccc3-c3cc(C(C)(NC=NC)c4ccccc4)c4sc5ccccc5c4c3)ccc21. The highest BCUT2D eigenvalue weighted by Gasteiger charge is 2.31. The first-order valence-electron chi connectivity index (χ1n) is 15.2. The maximum atomic E-state index is 4.34. The average molecular weight is 602 g/mol. The first kappa shape index (κ1) is 28.6. The molecule has 1 N–H and O–H groups in total. The standard InChI is InChI=1S/C41H35N3S/c1-28-14-12-13-23-44(4)38-26-29(21-22-32(28)38)33-17-8-9-18-34(33)30-24-36-35-19-10-11-20-39(35)45-40(36)37(25-30)41(2,43-27-42-3)31-15-6-5-7-16-31/h5-27H,1H2,2-4H3,(H,42,43)/b14-12-,23-13-. The Bertz CT molecular complexity index is 2150. The van der Waals surface area contributed by atoms with Crippen LogP contribution in [0.4, 0.5) is 5.69 Å². The van der Waals surface area contributed by atoms with Gasteiger partial charge in [-0.25, -0.2) is 0 Å². The van der Waals surface area contributed by atoms with Crippen molar-refractivity contribution in [3.63, 3.8) is 0 Å². The van der Waals surface area contributed by atoms with Gasteiger partial charge in [0.1, 0.15) is 0 Å². The second-order valence-electron chi connectivity index (χ2n) is 11.6. The minimum Gasteiger partial charge on any atom is -0.363 e. The number of rotatable bonds is 6. The Balaban J connectivity index is 1.49. The van der Waals surface area contributed by atoms with E-state index in [-0.39, 0.29) is 0 Å². The minimum absolute atomic E-state index is 0.518. The van der Waals surface area contributed by atoms with Gasteiger partial charge in [-0.3, -0.25) is 4.99 Å². The van der Waals surface area contributed by atoms with E-state index in [9.17, 15) is 0 Å². The Kier molecular flexibility index (Phi) is 7.44. The van der Waals surface area contributed by atoms with Crippen molar-refractivity contribution in [2.45, 2.75) is 12.5 Å². The summed E-state index contributed by atoms with van der Waals surface area (Å²) in [5, 5.41) is 6.23. The Morgan fingerprint density at radius 1 is 0.778 bits per heavy atom. The minimum atomic E-state index is -0.518. The molecule has 0 aliphatic carbocycles. The molecule has 1 aliphatic heterocycles. The lowest BCUT2D eigenvalue weighted by molar-refractivity contribution is 0.541. The first-order valence-corrected chi connectivity index (χ1v) is 16.0. The summed E-state index contributed by atoms with van der Waals surface area (Å²) in [5.74, 6) is 0. The molecule has 220 valence electrons. The normalized spacial score (nSPS) is 15.9. The van der Waals surface area contributed by atoms with E-state index in [1.165, 1.54) is 53.6 Å². The summed E-state index contributed by atoms with van der Waals surface area (Å²) in [6.07, 6.45) is 10.1. The molecule has 0 amide bonds. The largest absolute Gasteiger partial charge is 0.363 e. The highest BCUT2D eigenvalue weighted by atomic mass is 32.1. The zero-order valence-corrected chi connectivity index (χ0v) is 26.6. The van der Waals surface area contributed by atoms with Gasteiger partial charge in [-0.2, -0.15) is 0 Å². The van der Waals surface area contributed by atoms with Crippen LogP contribution in [0.1, 0.15) is 23.6 Å². The number of hydrogen-bond acceptors (Lipinski definition) is 3. The maximum absolute atomic E-state index is 4.34. The molecule has 0 saturated carbocycles. The lowest BCUT2D eigenvalue weighted by Crippen LogP contribution is -2.40. The first-order chi connectivity index (χ1) is 22.0. The number of fused-ring (bicyclic) bond motifs is 4. The molecule has 1 unspecified atom stereocenters. The third kappa shape index (κ3) is 5.07. The molecule has 0 spiro atoms. The predicted molar refractivity (Wildman–Crippen MR) is 196 cm³/mol. The van der Waals surface area contributed by atoms with Crippen molar-refractivity contribution >= 4 is 49.1 Å². The van der Waals surface area contributed by atoms with Crippen molar-refractivity contribution in [3.8, 4) is 22.3 Å². The third-order valence-corrected chi connectivity index (χ3v) is 10.1. The molecule has 1 aliphatic rings. The number of benzene rings is 5. The van der Waals surface area contributed by atoms with E-state index in [4.69, 9.17) is 0 Å². The zero-order chi connectivity index (χ0) is 31.0. The summed E-state index contributed by atoms with van der Waals surface area (Å²) in [7, 11) is 3.90. The second kappa shape index (κ2) is 11.7. The van der Waals surface area contributed by atoms with Gasteiger partial charge in [0.15, 0.2) is 0 Å². The van der Waals surface area contributed by atoms with Crippen LogP contribution in [-0.2, 0) is 5.54 Å². The van der Waals surface area contributed by atoms with Gasteiger partial charge in [-0.05, 0) is 70.7 Å². The van der Waals surface area contributed by atoms with Crippen LogP contribution >= 0.6 is 11.3 Å². The number of aliphatic imine (C=N–C) groups is 1. The summed E-state index contributed by atoms with van der Waals surface area (Å²) in [5.41, 5.74) is 9.89. The van der Waals surface area contributed by atoms with Gasteiger partial charge in [-0.1, -0.05) is 104 Å². The van der Waals surface area contributed by atoms with E-state index in [1.807, 2.05) is 23.8 Å². The van der Waals surface area contributed by atoms with Crippen LogP contribution in [0.5, 0.6) is 0 Å². The van der Waals surface area contributed by atoms with E-state index in [0.717, 1.165) is 16.8 Å². The van der Waals surface area contributed by atoms with Gasteiger partial charge in [0.25, 0.3) is 0 Å². The van der Waals surface area contributed by atoms with E-state index in [2.05, 4.69) is 163 Å². The van der Waals surface area contributed by atoms with Crippen LogP contribution in [0, 0.1) is 0 Å². The molecule has 0 saturated heterocycles. The molecule has 0 bridgehead atoms. The molecular formula is C41H35N3S. The average Bonchev–Trinajstić information content (AvgIpc) is 3.46. The molecule has 1 atom stereocenters. The quantitative estimate of drug-likeness (QED) is 0.152. The van der Waals surface area contributed by atoms with Gasteiger partial charge in [-0.15, -0.1) is 11.3 Å². The molecule has 7 rings (SSSR count). The zero-order valence-electron chi connectivity index (χ0n) is 25.8. The van der Waals surface area contributed by atoms with Gasteiger partial charge < -0.3 is 10.2 Å². The fraction of sp³-hybridized carbons (Fsp3) is 0.0976. The molecule has 1 aromatic heterocycles. The van der Waals surface area contributed by atoms with Crippen molar-refractivity contribution in [2.24, 2.45) is 4.99 Å². The van der Waals surface area contributed by atoms with Gasteiger partial charge in [0.2, 0.25) is 0 Å². The number of nitrogens with zero attached hydrogens (tertiary/aromatic N) is 2. The van der Waals surface area contributed by atoms with E-state index in [0.29, 0.717) is 0 Å². The summed E-state index contributed by atoms with van der Waals surface area (Å²) in [6, 6.07) is 39.6. The van der Waals surface area contributed by atoms with Crippen LogP contribution in [-0.4, -0.2) is 20.4 Å². The predicted octanol–water partition coefficient (Wildman–Crippen LogP) is 10.4. The fourth-order valence-electron chi connectivity index (χ4n) is 6.41.